The largest absolute Gasteiger partial charge is 0.476 e. The van der Waals surface area contributed by atoms with E-state index in [1.807, 2.05) is 31.2 Å². The van der Waals surface area contributed by atoms with Crippen molar-refractivity contribution in [1.82, 2.24) is 14.4 Å². The first-order valence-electron chi connectivity index (χ1n) is 5.80. The maximum Gasteiger partial charge on any atom is 0.358 e. The monoisotopic (exact) mass is 253 g/mol. The predicted molar refractivity (Wildman–Crippen MR) is 70.1 cm³/mol. The molecule has 1 N–H and O–H groups in total. The topological polar surface area (TPSA) is 67.5 Å². The van der Waals surface area contributed by atoms with Gasteiger partial charge in [-0.2, -0.15) is 0 Å². The van der Waals surface area contributed by atoms with Crippen LogP contribution in [0.5, 0.6) is 0 Å². The molecule has 0 radical (unpaired) electrons. The molecule has 0 atom stereocenters. The van der Waals surface area contributed by atoms with Crippen molar-refractivity contribution in [2.75, 3.05) is 0 Å². The second-order valence-corrected chi connectivity index (χ2v) is 4.27. The van der Waals surface area contributed by atoms with Gasteiger partial charge in [0.25, 0.3) is 0 Å². The van der Waals surface area contributed by atoms with Gasteiger partial charge in [-0.3, -0.25) is 4.40 Å². The standard InChI is InChI=1S/C14H11N3O2/c1-9-4-2-5-10(8-9)12-16-11(14(18)19)13-15-6-3-7-17(12)13/h2-8H,1H3,(H,18,19). The predicted octanol–water partition coefficient (Wildman–Crippen LogP) is 2.40. The molecule has 94 valence electrons. The van der Waals surface area contributed by atoms with E-state index in [1.54, 1.807) is 22.9 Å². The number of carboxylic acids is 1. The summed E-state index contributed by atoms with van der Waals surface area (Å²) in [7, 11) is 0. The van der Waals surface area contributed by atoms with Crippen LogP contribution in [0, 0.1) is 6.92 Å². The van der Waals surface area contributed by atoms with E-state index in [4.69, 9.17) is 0 Å². The molecular weight excluding hydrogens is 242 g/mol. The Labute approximate surface area is 109 Å². The number of hydrogen-bond acceptors (Lipinski definition) is 3. The molecule has 3 rings (SSSR count). The Bertz CT molecular complexity index is 777. The summed E-state index contributed by atoms with van der Waals surface area (Å²) in [6, 6.07) is 9.52. The number of hydrogen-bond donors (Lipinski definition) is 1. The van der Waals surface area contributed by atoms with Gasteiger partial charge in [-0.25, -0.2) is 14.8 Å². The van der Waals surface area contributed by atoms with Crippen molar-refractivity contribution in [3.63, 3.8) is 0 Å². The minimum atomic E-state index is -1.07. The molecule has 19 heavy (non-hydrogen) atoms. The first kappa shape index (κ1) is 11.4. The summed E-state index contributed by atoms with van der Waals surface area (Å²) < 4.78 is 1.69. The maximum atomic E-state index is 11.2. The minimum Gasteiger partial charge on any atom is -0.476 e. The van der Waals surface area contributed by atoms with Crippen LogP contribution in [-0.2, 0) is 0 Å². The zero-order valence-corrected chi connectivity index (χ0v) is 10.2. The van der Waals surface area contributed by atoms with E-state index in [2.05, 4.69) is 9.97 Å². The number of imidazole rings is 1. The Morgan fingerprint density at radius 2 is 2.16 bits per heavy atom. The molecule has 0 saturated heterocycles. The Hall–Kier alpha value is -2.69. The van der Waals surface area contributed by atoms with E-state index in [1.165, 1.54) is 0 Å². The fourth-order valence-corrected chi connectivity index (χ4v) is 2.06. The smallest absolute Gasteiger partial charge is 0.358 e. The summed E-state index contributed by atoms with van der Waals surface area (Å²) in [6.07, 6.45) is 3.32. The molecule has 0 aliphatic heterocycles. The zero-order valence-electron chi connectivity index (χ0n) is 10.2. The molecule has 0 unspecified atom stereocenters. The van der Waals surface area contributed by atoms with Gasteiger partial charge in [-0.05, 0) is 19.1 Å². The molecule has 0 bridgehead atoms. The van der Waals surface area contributed by atoms with Crippen molar-refractivity contribution in [2.24, 2.45) is 0 Å². The summed E-state index contributed by atoms with van der Waals surface area (Å²) in [5.74, 6) is -0.487. The first-order valence-corrected chi connectivity index (χ1v) is 5.80. The molecule has 0 amide bonds. The molecule has 0 spiro atoms. The third-order valence-electron chi connectivity index (χ3n) is 2.88. The van der Waals surface area contributed by atoms with Gasteiger partial charge in [0.15, 0.2) is 11.3 Å². The molecule has 5 heteroatoms. The molecule has 2 heterocycles. The van der Waals surface area contributed by atoms with E-state index >= 15 is 0 Å². The molecule has 1 aromatic carbocycles. The maximum absolute atomic E-state index is 11.2. The van der Waals surface area contributed by atoms with Gasteiger partial charge in [-0.15, -0.1) is 0 Å². The summed E-state index contributed by atoms with van der Waals surface area (Å²) in [5, 5.41) is 9.18. The van der Waals surface area contributed by atoms with Gasteiger partial charge in [0, 0.05) is 18.0 Å². The number of aromatic carboxylic acids is 1. The summed E-state index contributed by atoms with van der Waals surface area (Å²) in [5.41, 5.74) is 2.29. The van der Waals surface area contributed by atoms with Gasteiger partial charge in [0.1, 0.15) is 5.82 Å². The summed E-state index contributed by atoms with van der Waals surface area (Å²) in [6.45, 7) is 1.98. The highest BCUT2D eigenvalue weighted by Gasteiger charge is 2.18. The summed E-state index contributed by atoms with van der Waals surface area (Å²) >= 11 is 0. The fraction of sp³-hybridized carbons (Fsp3) is 0.0714. The quantitative estimate of drug-likeness (QED) is 0.761. The van der Waals surface area contributed by atoms with Crippen LogP contribution >= 0.6 is 0 Å². The second kappa shape index (κ2) is 4.20. The molecule has 0 aliphatic rings. The van der Waals surface area contributed by atoms with Crippen molar-refractivity contribution < 1.29 is 9.90 Å². The van der Waals surface area contributed by atoms with E-state index in [0.717, 1.165) is 11.1 Å². The average molecular weight is 253 g/mol. The van der Waals surface area contributed by atoms with Gasteiger partial charge in [-0.1, -0.05) is 23.8 Å². The Balaban J connectivity index is 2.33. The molecule has 0 aliphatic carbocycles. The van der Waals surface area contributed by atoms with Crippen LogP contribution in [0.4, 0.5) is 0 Å². The minimum absolute atomic E-state index is 0.0305. The van der Waals surface area contributed by atoms with Gasteiger partial charge in [0.2, 0.25) is 0 Å². The van der Waals surface area contributed by atoms with Crippen molar-refractivity contribution >= 4 is 11.6 Å². The molecular formula is C14H11N3O2. The van der Waals surface area contributed by atoms with Crippen LogP contribution in [0.15, 0.2) is 42.7 Å². The van der Waals surface area contributed by atoms with Crippen molar-refractivity contribution in [1.29, 1.82) is 0 Å². The molecule has 0 fully saturated rings. The highest BCUT2D eigenvalue weighted by atomic mass is 16.4. The highest BCUT2D eigenvalue weighted by molar-refractivity contribution is 5.93. The van der Waals surface area contributed by atoms with Crippen LogP contribution in [-0.4, -0.2) is 25.4 Å². The van der Waals surface area contributed by atoms with Crippen LogP contribution in [0.25, 0.3) is 17.0 Å². The van der Waals surface area contributed by atoms with Gasteiger partial charge < -0.3 is 5.11 Å². The Morgan fingerprint density at radius 1 is 1.32 bits per heavy atom. The molecule has 2 aromatic heterocycles. The number of rotatable bonds is 2. The van der Waals surface area contributed by atoms with Gasteiger partial charge in [0.05, 0.1) is 0 Å². The summed E-state index contributed by atoms with van der Waals surface area (Å²) in [4.78, 5) is 19.5. The SMILES string of the molecule is Cc1cccc(-c2nc(C(=O)O)c3ncccn23)c1. The number of nitrogens with zero attached hydrogens (tertiary/aromatic N) is 3. The van der Waals surface area contributed by atoms with E-state index in [0.29, 0.717) is 11.5 Å². The second-order valence-electron chi connectivity index (χ2n) is 4.27. The van der Waals surface area contributed by atoms with Crippen LogP contribution in [0.3, 0.4) is 0 Å². The zero-order chi connectivity index (χ0) is 13.4. The Kier molecular flexibility index (Phi) is 2.52. The van der Waals surface area contributed by atoms with Crippen LogP contribution in [0.2, 0.25) is 0 Å². The van der Waals surface area contributed by atoms with E-state index < -0.39 is 5.97 Å². The van der Waals surface area contributed by atoms with Crippen molar-refractivity contribution in [3.05, 3.63) is 54.0 Å². The highest BCUT2D eigenvalue weighted by Crippen LogP contribution is 2.22. The number of carboxylic acid groups (broad SMARTS) is 1. The number of aryl methyl sites for hydroxylation is 1. The van der Waals surface area contributed by atoms with Crippen molar-refractivity contribution in [2.45, 2.75) is 6.92 Å². The average Bonchev–Trinajstić information content (AvgIpc) is 2.78. The third kappa shape index (κ3) is 1.85. The van der Waals surface area contributed by atoms with Crippen LogP contribution in [0.1, 0.15) is 16.1 Å². The van der Waals surface area contributed by atoms with Crippen molar-refractivity contribution in [3.8, 4) is 11.4 Å². The lowest BCUT2D eigenvalue weighted by Gasteiger charge is -2.01. The van der Waals surface area contributed by atoms with Crippen LogP contribution < -0.4 is 0 Å². The lowest BCUT2D eigenvalue weighted by atomic mass is 10.1. The molecule has 0 saturated carbocycles. The van der Waals surface area contributed by atoms with E-state index in [9.17, 15) is 9.90 Å². The normalized spacial score (nSPS) is 10.8. The number of benzene rings is 1. The third-order valence-corrected chi connectivity index (χ3v) is 2.88. The number of carbonyl (C=O) groups is 1. The molecule has 3 aromatic rings. The van der Waals surface area contributed by atoms with E-state index in [-0.39, 0.29) is 5.69 Å². The number of aromatic nitrogens is 3. The first-order chi connectivity index (χ1) is 9.16. The molecule has 5 nitrogen and oxygen atoms in total. The Morgan fingerprint density at radius 3 is 2.89 bits per heavy atom. The lowest BCUT2D eigenvalue weighted by molar-refractivity contribution is 0.0693. The lowest BCUT2D eigenvalue weighted by Crippen LogP contribution is -1.98. The fourth-order valence-electron chi connectivity index (χ4n) is 2.06. The number of fused-ring (bicyclic) bond motifs is 1. The van der Waals surface area contributed by atoms with Gasteiger partial charge >= 0.3 is 5.97 Å².